The number of nitrogens with two attached hydrogens (primary N) is 1. The minimum absolute atomic E-state index is 0. The molecule has 17 heavy (non-hydrogen) atoms. The normalized spacial score (nSPS) is 14.1. The predicted molar refractivity (Wildman–Crippen MR) is 66.5 cm³/mol. The van der Waals surface area contributed by atoms with Crippen LogP contribution in [0.25, 0.3) is 0 Å². The quantitative estimate of drug-likeness (QED) is 0.883. The van der Waals surface area contributed by atoms with Crippen molar-refractivity contribution >= 4 is 12.4 Å². The number of aliphatic hydroxyl groups is 1. The number of hydrogen-bond acceptors (Lipinski definition) is 2. The van der Waals surface area contributed by atoms with Crippen LogP contribution in [0, 0.1) is 0 Å². The molecule has 0 spiro atoms. The topological polar surface area (TPSA) is 46.2 Å². The van der Waals surface area contributed by atoms with Gasteiger partial charge in [0.1, 0.15) is 5.60 Å². The first kappa shape index (κ1) is 16.3. The molecule has 0 bridgehead atoms. The Morgan fingerprint density at radius 2 is 1.82 bits per heavy atom. The van der Waals surface area contributed by atoms with Crippen LogP contribution >= 0.6 is 12.4 Å². The van der Waals surface area contributed by atoms with Crippen LogP contribution in [0.3, 0.4) is 0 Å². The molecular formula is C12H18ClF2NO. The Kier molecular flexibility index (Phi) is 5.07. The van der Waals surface area contributed by atoms with E-state index in [1.54, 1.807) is 13.0 Å². The van der Waals surface area contributed by atoms with E-state index in [2.05, 4.69) is 0 Å². The van der Waals surface area contributed by atoms with Crippen molar-refractivity contribution in [3.05, 3.63) is 35.4 Å². The summed E-state index contributed by atoms with van der Waals surface area (Å²) < 4.78 is 27.6. The van der Waals surface area contributed by atoms with E-state index in [0.717, 1.165) is 13.8 Å². The second kappa shape index (κ2) is 5.29. The van der Waals surface area contributed by atoms with E-state index >= 15 is 0 Å². The molecular weight excluding hydrogens is 248 g/mol. The molecule has 0 aliphatic heterocycles. The molecule has 2 nitrogen and oxygen atoms in total. The number of halogens is 3. The van der Waals surface area contributed by atoms with Crippen LogP contribution in [0.1, 0.15) is 37.9 Å². The van der Waals surface area contributed by atoms with Gasteiger partial charge in [0.2, 0.25) is 0 Å². The van der Waals surface area contributed by atoms with Gasteiger partial charge in [0.15, 0.2) is 0 Å². The van der Waals surface area contributed by atoms with Gasteiger partial charge in [-0.3, -0.25) is 0 Å². The summed E-state index contributed by atoms with van der Waals surface area (Å²) in [5, 5.41) is 9.45. The number of hydrogen-bond donors (Lipinski definition) is 2. The molecule has 0 fully saturated rings. The zero-order valence-electron chi connectivity index (χ0n) is 10.1. The molecule has 0 aliphatic rings. The summed E-state index contributed by atoms with van der Waals surface area (Å²) in [4.78, 5) is 0. The van der Waals surface area contributed by atoms with E-state index in [-0.39, 0.29) is 24.0 Å². The van der Waals surface area contributed by atoms with Crippen LogP contribution in [0.4, 0.5) is 8.78 Å². The first-order valence-electron chi connectivity index (χ1n) is 5.12. The van der Waals surface area contributed by atoms with Crippen molar-refractivity contribution in [1.29, 1.82) is 0 Å². The molecule has 1 aromatic carbocycles. The molecule has 0 radical (unpaired) electrons. The fraction of sp³-hybridized carbons (Fsp3) is 0.500. The highest BCUT2D eigenvalue weighted by molar-refractivity contribution is 5.85. The van der Waals surface area contributed by atoms with Crippen molar-refractivity contribution in [3.63, 3.8) is 0 Å². The van der Waals surface area contributed by atoms with E-state index in [1.165, 1.54) is 18.2 Å². The van der Waals surface area contributed by atoms with E-state index in [4.69, 9.17) is 5.73 Å². The van der Waals surface area contributed by atoms with Gasteiger partial charge in [-0.05, 0) is 32.4 Å². The molecule has 1 aromatic rings. The molecule has 1 unspecified atom stereocenters. The van der Waals surface area contributed by atoms with Crippen molar-refractivity contribution in [2.24, 2.45) is 5.73 Å². The van der Waals surface area contributed by atoms with E-state index in [9.17, 15) is 13.9 Å². The number of benzene rings is 1. The van der Waals surface area contributed by atoms with Crippen molar-refractivity contribution in [3.8, 4) is 0 Å². The Hall–Kier alpha value is -0.710. The van der Waals surface area contributed by atoms with Crippen molar-refractivity contribution in [2.45, 2.75) is 38.3 Å². The SMILES string of the molecule is CC(N)c1cccc(C(F)(F)C(C)(C)O)c1.Cl. The summed E-state index contributed by atoms with van der Waals surface area (Å²) in [5.41, 5.74) is 3.95. The predicted octanol–water partition coefficient (Wildman–Crippen LogP) is 2.99. The average molecular weight is 266 g/mol. The van der Waals surface area contributed by atoms with Gasteiger partial charge in [-0.25, -0.2) is 0 Å². The lowest BCUT2D eigenvalue weighted by molar-refractivity contribution is -0.168. The number of alkyl halides is 2. The summed E-state index contributed by atoms with van der Waals surface area (Å²) in [6.45, 7) is 3.90. The van der Waals surface area contributed by atoms with E-state index in [0.29, 0.717) is 5.56 Å². The van der Waals surface area contributed by atoms with Gasteiger partial charge in [0.25, 0.3) is 0 Å². The lowest BCUT2D eigenvalue weighted by atomic mass is 9.91. The standard InChI is InChI=1S/C12H17F2NO.ClH/c1-8(15)9-5-4-6-10(7-9)12(13,14)11(2,3)16;/h4-8,16H,15H2,1-3H3;1H. The highest BCUT2D eigenvalue weighted by atomic mass is 35.5. The minimum atomic E-state index is -3.29. The van der Waals surface area contributed by atoms with Crippen molar-refractivity contribution < 1.29 is 13.9 Å². The molecule has 0 aliphatic carbocycles. The Bertz CT molecular complexity index is 375. The van der Waals surface area contributed by atoms with Gasteiger partial charge in [-0.2, -0.15) is 8.78 Å². The van der Waals surface area contributed by atoms with Gasteiger partial charge >= 0.3 is 5.92 Å². The largest absolute Gasteiger partial charge is 0.384 e. The van der Waals surface area contributed by atoms with E-state index in [1.807, 2.05) is 0 Å². The first-order chi connectivity index (χ1) is 7.16. The third-order valence-corrected chi connectivity index (χ3v) is 2.54. The Morgan fingerprint density at radius 3 is 2.24 bits per heavy atom. The maximum Gasteiger partial charge on any atom is 0.300 e. The minimum Gasteiger partial charge on any atom is -0.384 e. The average Bonchev–Trinajstić information content (AvgIpc) is 2.16. The molecule has 5 heteroatoms. The fourth-order valence-corrected chi connectivity index (χ4v) is 1.37. The lowest BCUT2D eigenvalue weighted by Gasteiger charge is -2.29. The number of rotatable bonds is 3. The summed E-state index contributed by atoms with van der Waals surface area (Å²) in [7, 11) is 0. The first-order valence-corrected chi connectivity index (χ1v) is 5.12. The highest BCUT2D eigenvalue weighted by Gasteiger charge is 2.46. The van der Waals surface area contributed by atoms with Crippen LogP contribution in [0.2, 0.25) is 0 Å². The molecule has 3 N–H and O–H groups in total. The van der Waals surface area contributed by atoms with Gasteiger partial charge in [0.05, 0.1) is 0 Å². The van der Waals surface area contributed by atoms with Crippen LogP contribution in [0.5, 0.6) is 0 Å². The third-order valence-electron chi connectivity index (χ3n) is 2.54. The highest BCUT2D eigenvalue weighted by Crippen LogP contribution is 2.39. The zero-order chi connectivity index (χ0) is 12.6. The molecule has 0 amide bonds. The molecule has 0 saturated carbocycles. The zero-order valence-corrected chi connectivity index (χ0v) is 10.9. The molecule has 0 aromatic heterocycles. The second-order valence-electron chi connectivity index (χ2n) is 4.55. The molecule has 1 rings (SSSR count). The maximum absolute atomic E-state index is 13.8. The van der Waals surface area contributed by atoms with Crippen molar-refractivity contribution in [1.82, 2.24) is 0 Å². The molecule has 0 saturated heterocycles. The summed E-state index contributed by atoms with van der Waals surface area (Å²) in [5.74, 6) is -3.29. The van der Waals surface area contributed by atoms with Gasteiger partial charge < -0.3 is 10.8 Å². The summed E-state index contributed by atoms with van der Waals surface area (Å²) >= 11 is 0. The fourth-order valence-electron chi connectivity index (χ4n) is 1.37. The van der Waals surface area contributed by atoms with Crippen molar-refractivity contribution in [2.75, 3.05) is 0 Å². The smallest absolute Gasteiger partial charge is 0.300 e. The Balaban J connectivity index is 0.00000256. The van der Waals surface area contributed by atoms with Crippen LogP contribution in [-0.2, 0) is 5.92 Å². The van der Waals surface area contributed by atoms with Gasteiger partial charge in [-0.15, -0.1) is 12.4 Å². The summed E-state index contributed by atoms with van der Waals surface area (Å²) in [6, 6.07) is 5.53. The molecule has 1 atom stereocenters. The van der Waals surface area contributed by atoms with Crippen LogP contribution in [-0.4, -0.2) is 10.7 Å². The van der Waals surface area contributed by atoms with Crippen LogP contribution in [0.15, 0.2) is 24.3 Å². The second-order valence-corrected chi connectivity index (χ2v) is 4.55. The Labute approximate surface area is 106 Å². The maximum atomic E-state index is 13.8. The molecule has 98 valence electrons. The third kappa shape index (κ3) is 3.37. The van der Waals surface area contributed by atoms with Crippen LogP contribution < -0.4 is 5.73 Å². The van der Waals surface area contributed by atoms with Gasteiger partial charge in [0, 0.05) is 11.6 Å². The van der Waals surface area contributed by atoms with E-state index < -0.39 is 11.5 Å². The molecule has 0 heterocycles. The summed E-state index contributed by atoms with van der Waals surface area (Å²) in [6.07, 6.45) is 0. The monoisotopic (exact) mass is 265 g/mol. The lowest BCUT2D eigenvalue weighted by Crippen LogP contribution is -2.40. The van der Waals surface area contributed by atoms with Gasteiger partial charge in [-0.1, -0.05) is 18.2 Å². The Morgan fingerprint density at radius 1 is 1.29 bits per heavy atom.